The molecule has 0 bridgehead atoms. The van der Waals surface area contributed by atoms with Crippen molar-refractivity contribution in [3.05, 3.63) is 131 Å². The van der Waals surface area contributed by atoms with Gasteiger partial charge in [-0.1, -0.05) is 85.3 Å². The summed E-state index contributed by atoms with van der Waals surface area (Å²) in [4.78, 5) is 29.4. The molecule has 0 fully saturated rings. The van der Waals surface area contributed by atoms with E-state index in [1.807, 2.05) is 37.3 Å². The molecule has 1 unspecified atom stereocenters. The van der Waals surface area contributed by atoms with Crippen LogP contribution in [0.25, 0.3) is 0 Å². The van der Waals surface area contributed by atoms with Gasteiger partial charge in [-0.05, 0) is 66.4 Å². The molecule has 2 amide bonds. The number of nitrogens with one attached hydrogen (secondary N) is 1. The number of rotatable bonds is 13. The topological polar surface area (TPSA) is 86.8 Å². The van der Waals surface area contributed by atoms with E-state index in [4.69, 9.17) is 11.6 Å². The zero-order chi connectivity index (χ0) is 31.7. The van der Waals surface area contributed by atoms with Gasteiger partial charge >= 0.3 is 0 Å². The Morgan fingerprint density at radius 1 is 0.864 bits per heavy atom. The van der Waals surface area contributed by atoms with Crippen LogP contribution in [0.4, 0.5) is 10.1 Å². The van der Waals surface area contributed by atoms with Crippen LogP contribution in [0.5, 0.6) is 0 Å². The molecule has 0 aliphatic carbocycles. The predicted octanol–water partition coefficient (Wildman–Crippen LogP) is 6.15. The summed E-state index contributed by atoms with van der Waals surface area (Å²) in [6, 6.07) is 26.6. The fourth-order valence-electron chi connectivity index (χ4n) is 4.81. The number of amides is 2. The smallest absolute Gasteiger partial charge is 0.264 e. The van der Waals surface area contributed by atoms with Crippen LogP contribution in [0.1, 0.15) is 30.0 Å². The number of hydrogen-bond acceptors (Lipinski definition) is 4. The number of halogens is 2. The quantitative estimate of drug-likeness (QED) is 0.191. The first kappa shape index (κ1) is 32.7. The van der Waals surface area contributed by atoms with E-state index >= 15 is 0 Å². The highest BCUT2D eigenvalue weighted by Gasteiger charge is 2.35. The second kappa shape index (κ2) is 15.0. The molecule has 0 radical (unpaired) electrons. The van der Waals surface area contributed by atoms with E-state index in [0.717, 1.165) is 9.87 Å². The van der Waals surface area contributed by atoms with Crippen molar-refractivity contribution in [3.8, 4) is 0 Å². The minimum Gasteiger partial charge on any atom is -0.354 e. The third-order valence-corrected chi connectivity index (χ3v) is 9.39. The SMILES string of the molecule is CCCNC(=O)C(Cc1ccccc1)N(Cc1ccc(F)cc1)C(=O)CN(c1cccc(Cl)c1C)S(=O)(=O)c1ccccc1. The fourth-order valence-corrected chi connectivity index (χ4v) is 6.47. The summed E-state index contributed by atoms with van der Waals surface area (Å²) in [5.74, 6) is -1.42. The molecule has 44 heavy (non-hydrogen) atoms. The molecular formula is C34H35ClFN3O4S. The van der Waals surface area contributed by atoms with Gasteiger partial charge in [-0.3, -0.25) is 13.9 Å². The molecule has 0 heterocycles. The van der Waals surface area contributed by atoms with Crippen molar-refractivity contribution in [3.63, 3.8) is 0 Å². The average molecular weight is 636 g/mol. The van der Waals surface area contributed by atoms with Gasteiger partial charge in [0.2, 0.25) is 11.8 Å². The van der Waals surface area contributed by atoms with Crippen molar-refractivity contribution in [1.82, 2.24) is 10.2 Å². The molecule has 1 N–H and O–H groups in total. The molecule has 4 rings (SSSR count). The Hall–Kier alpha value is -4.21. The Kier molecular flexibility index (Phi) is 11.1. The van der Waals surface area contributed by atoms with Gasteiger partial charge in [0.1, 0.15) is 18.4 Å². The van der Waals surface area contributed by atoms with Crippen LogP contribution in [0.15, 0.2) is 108 Å². The van der Waals surface area contributed by atoms with Gasteiger partial charge in [-0.2, -0.15) is 0 Å². The molecule has 0 aromatic heterocycles. The lowest BCUT2D eigenvalue weighted by atomic mass is 10.0. The van der Waals surface area contributed by atoms with Crippen molar-refractivity contribution in [2.75, 3.05) is 17.4 Å². The van der Waals surface area contributed by atoms with Crippen LogP contribution in [-0.4, -0.2) is 44.3 Å². The molecule has 4 aromatic carbocycles. The highest BCUT2D eigenvalue weighted by molar-refractivity contribution is 7.92. The van der Waals surface area contributed by atoms with Crippen molar-refractivity contribution in [2.45, 2.75) is 44.2 Å². The zero-order valence-corrected chi connectivity index (χ0v) is 26.2. The molecule has 0 saturated carbocycles. The molecule has 0 aliphatic rings. The summed E-state index contributed by atoms with van der Waals surface area (Å²) in [6.45, 7) is 3.35. The lowest BCUT2D eigenvalue weighted by Crippen LogP contribution is -2.53. The van der Waals surface area contributed by atoms with Crippen molar-refractivity contribution in [1.29, 1.82) is 0 Å². The Labute approximate surface area is 263 Å². The number of nitrogens with zero attached hydrogens (tertiary/aromatic N) is 2. The first-order valence-corrected chi connectivity index (χ1v) is 16.1. The van der Waals surface area contributed by atoms with Crippen LogP contribution < -0.4 is 9.62 Å². The molecule has 1 atom stereocenters. The van der Waals surface area contributed by atoms with Gasteiger partial charge in [-0.25, -0.2) is 12.8 Å². The van der Waals surface area contributed by atoms with Crippen LogP contribution in [0.2, 0.25) is 5.02 Å². The Bertz CT molecular complexity index is 1670. The van der Waals surface area contributed by atoms with Gasteiger partial charge in [0, 0.05) is 24.5 Å². The van der Waals surface area contributed by atoms with Crippen molar-refractivity contribution >= 4 is 39.1 Å². The number of carbonyl (C=O) groups is 2. The molecule has 0 aliphatic heterocycles. The average Bonchev–Trinajstić information content (AvgIpc) is 3.03. The number of carbonyl (C=O) groups excluding carboxylic acids is 2. The summed E-state index contributed by atoms with van der Waals surface area (Å²) in [5, 5.41) is 3.24. The third kappa shape index (κ3) is 8.03. The maximum absolute atomic E-state index is 14.4. The molecule has 4 aromatic rings. The first-order valence-electron chi connectivity index (χ1n) is 14.3. The van der Waals surface area contributed by atoms with Gasteiger partial charge in [-0.15, -0.1) is 0 Å². The second-order valence-electron chi connectivity index (χ2n) is 10.4. The standard InChI is InChI=1S/C34H35ClFN3O4S/c1-3-21-37-34(41)32(22-26-11-6-4-7-12-26)38(23-27-17-19-28(36)20-18-27)33(40)24-39(31-16-10-15-30(35)25(31)2)44(42,43)29-13-8-5-9-14-29/h4-20,32H,3,21-24H2,1-2H3,(H,37,41). The Morgan fingerprint density at radius 2 is 1.50 bits per heavy atom. The maximum Gasteiger partial charge on any atom is 0.264 e. The normalized spacial score (nSPS) is 11.9. The van der Waals surface area contributed by atoms with E-state index in [1.54, 1.807) is 55.5 Å². The molecule has 0 spiro atoms. The largest absolute Gasteiger partial charge is 0.354 e. The maximum atomic E-state index is 14.4. The lowest BCUT2D eigenvalue weighted by Gasteiger charge is -2.34. The molecule has 10 heteroatoms. The van der Waals surface area contributed by atoms with Crippen LogP contribution in [0.3, 0.4) is 0 Å². The minimum atomic E-state index is -4.24. The molecular weight excluding hydrogens is 601 g/mol. The lowest BCUT2D eigenvalue weighted by molar-refractivity contribution is -0.140. The minimum absolute atomic E-state index is 0.00113. The van der Waals surface area contributed by atoms with Crippen molar-refractivity contribution in [2.24, 2.45) is 0 Å². The van der Waals surface area contributed by atoms with Crippen molar-refractivity contribution < 1.29 is 22.4 Å². The summed E-state index contributed by atoms with van der Waals surface area (Å²) in [6.07, 6.45) is 0.873. The van der Waals surface area contributed by atoms with E-state index in [2.05, 4.69) is 5.32 Å². The van der Waals surface area contributed by atoms with E-state index in [-0.39, 0.29) is 29.5 Å². The second-order valence-corrected chi connectivity index (χ2v) is 12.6. The summed E-state index contributed by atoms with van der Waals surface area (Å²) in [7, 11) is -4.24. The first-order chi connectivity index (χ1) is 21.1. The molecule has 230 valence electrons. The fraction of sp³-hybridized carbons (Fsp3) is 0.235. The highest BCUT2D eigenvalue weighted by atomic mass is 35.5. The summed E-state index contributed by atoms with van der Waals surface area (Å²) >= 11 is 6.40. The third-order valence-electron chi connectivity index (χ3n) is 7.20. The van der Waals surface area contributed by atoms with E-state index in [9.17, 15) is 22.4 Å². The summed E-state index contributed by atoms with van der Waals surface area (Å²) in [5.41, 5.74) is 2.12. The zero-order valence-electron chi connectivity index (χ0n) is 24.6. The Balaban J connectivity index is 1.81. The van der Waals surface area contributed by atoms with E-state index in [0.29, 0.717) is 29.1 Å². The molecule has 0 saturated heterocycles. The molecule has 7 nitrogen and oxygen atoms in total. The van der Waals surface area contributed by atoms with Gasteiger partial charge in [0.05, 0.1) is 10.6 Å². The summed E-state index contributed by atoms with van der Waals surface area (Å²) < 4.78 is 43.0. The predicted molar refractivity (Wildman–Crippen MR) is 171 cm³/mol. The number of hydrogen-bond donors (Lipinski definition) is 1. The van der Waals surface area contributed by atoms with E-state index < -0.39 is 34.3 Å². The van der Waals surface area contributed by atoms with E-state index in [1.165, 1.54) is 29.2 Å². The number of anilines is 1. The van der Waals surface area contributed by atoms with Gasteiger partial charge in [0.25, 0.3) is 10.0 Å². The van der Waals surface area contributed by atoms with Gasteiger partial charge in [0.15, 0.2) is 0 Å². The van der Waals surface area contributed by atoms with Crippen LogP contribution >= 0.6 is 11.6 Å². The van der Waals surface area contributed by atoms with Gasteiger partial charge < -0.3 is 10.2 Å². The number of benzene rings is 4. The monoisotopic (exact) mass is 635 g/mol. The van der Waals surface area contributed by atoms with Crippen LogP contribution in [-0.2, 0) is 32.6 Å². The highest BCUT2D eigenvalue weighted by Crippen LogP contribution is 2.31. The number of sulfonamides is 1. The van der Waals surface area contributed by atoms with Crippen LogP contribution in [0, 0.1) is 12.7 Å². The Morgan fingerprint density at radius 3 is 2.14 bits per heavy atom.